The molecule has 0 bridgehead atoms. The predicted octanol–water partition coefficient (Wildman–Crippen LogP) is 0.209. The molecule has 3 fully saturated rings. The fraction of sp³-hybridized carbons (Fsp3) is 0.783. The average molecular weight is 982 g/mol. The van der Waals surface area contributed by atoms with Crippen LogP contribution in [0, 0.1) is 35.5 Å². The predicted molar refractivity (Wildman–Crippen MR) is 246 cm³/mol. The van der Waals surface area contributed by atoms with Gasteiger partial charge >= 0.3 is 35.8 Å². The van der Waals surface area contributed by atoms with Gasteiger partial charge in [0.15, 0.2) is 0 Å². The van der Waals surface area contributed by atoms with Gasteiger partial charge < -0.3 is 46.6 Å². The van der Waals surface area contributed by atoms with Gasteiger partial charge in [0.05, 0.1) is 38.0 Å². The molecule has 3 rings (SSSR count). The molecule has 2 atom stereocenters. The van der Waals surface area contributed by atoms with Crippen molar-refractivity contribution >= 4 is 59.3 Å². The van der Waals surface area contributed by atoms with Crippen molar-refractivity contribution in [1.29, 1.82) is 0 Å². The van der Waals surface area contributed by atoms with Crippen molar-refractivity contribution < 1.29 is 78.6 Å². The lowest BCUT2D eigenvalue weighted by molar-refractivity contribution is -0.146. The molecule has 0 radical (unpaired) electrons. The number of carbonyl (C=O) groups is 10. The summed E-state index contributed by atoms with van der Waals surface area (Å²) in [5, 5.41) is 65.1. The maximum atomic E-state index is 13.2. The zero-order valence-corrected chi connectivity index (χ0v) is 39.7. The van der Waals surface area contributed by atoms with Gasteiger partial charge in [-0.05, 0) is 82.5 Å². The number of hydrogen-bond acceptors (Lipinski definition) is 14. The number of nitrogens with one attached hydrogen (secondary N) is 3. The number of rotatable bonds is 28. The number of nitrogens with zero attached hydrogens (tertiary/aromatic N) is 4. The van der Waals surface area contributed by atoms with E-state index in [4.69, 9.17) is 5.11 Å². The molecule has 3 amide bonds. The van der Waals surface area contributed by atoms with Gasteiger partial charge in [-0.15, -0.1) is 0 Å². The molecule has 2 aliphatic carbocycles. The van der Waals surface area contributed by atoms with Gasteiger partial charge in [-0.1, -0.05) is 6.42 Å². The molecule has 390 valence electrons. The molecule has 0 aromatic heterocycles. The number of carboxylic acids is 6. The van der Waals surface area contributed by atoms with E-state index in [1.165, 1.54) is 0 Å². The molecule has 0 aromatic carbocycles. The second kappa shape index (κ2) is 31.1. The zero-order chi connectivity index (χ0) is 50.9. The van der Waals surface area contributed by atoms with Crippen LogP contribution in [-0.4, -0.2) is 208 Å². The van der Waals surface area contributed by atoms with Crippen LogP contribution in [-0.2, 0) is 47.9 Å². The lowest BCUT2D eigenvalue weighted by Gasteiger charge is -2.33. The van der Waals surface area contributed by atoms with E-state index >= 15 is 0 Å². The van der Waals surface area contributed by atoms with Crippen LogP contribution in [0.15, 0.2) is 0 Å². The van der Waals surface area contributed by atoms with E-state index in [0.29, 0.717) is 84.3 Å². The number of amides is 3. The van der Waals surface area contributed by atoms with E-state index in [9.17, 15) is 73.5 Å². The Morgan fingerprint density at radius 2 is 0.812 bits per heavy atom. The summed E-state index contributed by atoms with van der Waals surface area (Å²) in [4.78, 5) is 127. The first-order valence-electron chi connectivity index (χ1n) is 24.3. The minimum Gasteiger partial charge on any atom is -0.481 e. The van der Waals surface area contributed by atoms with Gasteiger partial charge in [0.2, 0.25) is 17.7 Å². The molecular formula is C46H75N7O16. The fourth-order valence-electron chi connectivity index (χ4n) is 9.38. The summed E-state index contributed by atoms with van der Waals surface area (Å²) in [6.45, 7) is 3.01. The highest BCUT2D eigenvalue weighted by Gasteiger charge is 2.31. The van der Waals surface area contributed by atoms with Crippen LogP contribution in [0.5, 0.6) is 0 Å². The lowest BCUT2D eigenvalue weighted by Crippen LogP contribution is -2.50. The molecule has 69 heavy (non-hydrogen) atoms. The van der Waals surface area contributed by atoms with Crippen LogP contribution in [0.3, 0.4) is 0 Å². The number of carboxylic acid groups (broad SMARTS) is 6. The van der Waals surface area contributed by atoms with Gasteiger partial charge in [-0.2, -0.15) is 0 Å². The quantitative estimate of drug-likeness (QED) is 0.0473. The van der Waals surface area contributed by atoms with Crippen LogP contribution in [0.1, 0.15) is 96.3 Å². The summed E-state index contributed by atoms with van der Waals surface area (Å²) in [6.07, 6.45) is 5.49. The molecule has 3 aliphatic rings. The van der Waals surface area contributed by atoms with Crippen molar-refractivity contribution in [3.63, 3.8) is 0 Å². The maximum Gasteiger partial charge on any atom is 0.317 e. The number of Topliss-reactive ketones (excluding diaryl/α,β-unsaturated/α-hetero) is 1. The van der Waals surface area contributed by atoms with E-state index in [2.05, 4.69) is 16.0 Å². The number of aliphatic carboxylic acids is 6. The molecule has 0 aromatic rings. The van der Waals surface area contributed by atoms with Crippen molar-refractivity contribution in [2.75, 3.05) is 98.2 Å². The average Bonchev–Trinajstić information content (AvgIpc) is 3.28. The van der Waals surface area contributed by atoms with Gasteiger partial charge in [0.25, 0.3) is 0 Å². The minimum absolute atomic E-state index is 0.00540. The van der Waals surface area contributed by atoms with Crippen LogP contribution < -0.4 is 16.0 Å². The van der Waals surface area contributed by atoms with Crippen LogP contribution in [0.2, 0.25) is 0 Å². The summed E-state index contributed by atoms with van der Waals surface area (Å²) in [7, 11) is 0. The van der Waals surface area contributed by atoms with E-state index in [1.54, 1.807) is 14.7 Å². The fourth-order valence-corrected chi connectivity index (χ4v) is 9.38. The topological polar surface area (TPSA) is 341 Å². The molecule has 0 unspecified atom stereocenters. The Kier molecular flexibility index (Phi) is 26.1. The smallest absolute Gasteiger partial charge is 0.317 e. The second-order valence-corrected chi connectivity index (χ2v) is 19.0. The molecule has 23 nitrogen and oxygen atoms in total. The highest BCUT2D eigenvalue weighted by atomic mass is 16.4. The van der Waals surface area contributed by atoms with Crippen molar-refractivity contribution in [3.8, 4) is 0 Å². The van der Waals surface area contributed by atoms with Crippen molar-refractivity contribution in [1.82, 2.24) is 35.6 Å². The molecule has 9 N–H and O–H groups in total. The Bertz CT molecular complexity index is 1700. The van der Waals surface area contributed by atoms with Gasteiger partial charge in [0, 0.05) is 103 Å². The third-order valence-corrected chi connectivity index (χ3v) is 13.6. The van der Waals surface area contributed by atoms with Crippen molar-refractivity contribution in [3.05, 3.63) is 0 Å². The standard InChI is InChI=1S/C46H75N7O16/c54-37(24-36(46(68)69)12-13-39(56)57)23-35(45(66)67)3-1-2-14-47-43(64)33-8-6-32(7-9-33)26-49-44(65)34-10-4-31(5-11-34)25-48-38(55)27-50-15-17-51(28-40(58)59)19-21-53(30-42(62)63)22-20-52(18-16-50)29-41(60)61/h31-36H,1-30H2,(H,47,64)(H,48,55)(H,49,65)(H,56,57)(H,58,59)(H,60,61)(H,62,63)(H,66,67)(H,68,69)/t31?,32?,33?,34?,35-,36-/m1/s1. The van der Waals surface area contributed by atoms with Crippen LogP contribution >= 0.6 is 0 Å². The van der Waals surface area contributed by atoms with Gasteiger partial charge in [-0.3, -0.25) is 67.5 Å². The highest BCUT2D eigenvalue weighted by Crippen LogP contribution is 2.31. The van der Waals surface area contributed by atoms with E-state index in [0.717, 1.165) is 25.7 Å². The van der Waals surface area contributed by atoms with E-state index in [1.807, 2.05) is 4.90 Å². The van der Waals surface area contributed by atoms with E-state index in [-0.39, 0.29) is 113 Å². The summed E-state index contributed by atoms with van der Waals surface area (Å²) in [6, 6.07) is 0. The molecule has 23 heteroatoms. The van der Waals surface area contributed by atoms with Gasteiger partial charge in [0.1, 0.15) is 5.78 Å². The highest BCUT2D eigenvalue weighted by molar-refractivity contribution is 5.87. The monoisotopic (exact) mass is 982 g/mol. The Morgan fingerprint density at radius 1 is 0.435 bits per heavy atom. The van der Waals surface area contributed by atoms with Crippen LogP contribution in [0.4, 0.5) is 0 Å². The van der Waals surface area contributed by atoms with Crippen molar-refractivity contribution in [2.24, 2.45) is 35.5 Å². The summed E-state index contributed by atoms with van der Waals surface area (Å²) >= 11 is 0. The SMILES string of the molecule is O=C(O)CC[C@H](CC(=O)C[C@@H](CCCCNC(=O)C1CCC(CNC(=O)C2CCC(CNC(=O)CN3CCN(CC(=O)O)CCN(CC(=O)O)CCN(CC(=O)O)CC3)CC2)CC1)C(=O)O)C(=O)O. The summed E-state index contributed by atoms with van der Waals surface area (Å²) in [5.41, 5.74) is 0. The number of unbranched alkanes of at least 4 members (excludes halogenated alkanes) is 1. The largest absolute Gasteiger partial charge is 0.481 e. The first kappa shape index (κ1) is 58.1. The molecule has 1 heterocycles. The maximum absolute atomic E-state index is 13.2. The first-order valence-corrected chi connectivity index (χ1v) is 24.3. The summed E-state index contributed by atoms with van der Waals surface area (Å²) < 4.78 is 0. The van der Waals surface area contributed by atoms with E-state index < -0.39 is 66.3 Å². The third kappa shape index (κ3) is 24.2. The third-order valence-electron chi connectivity index (χ3n) is 13.6. The van der Waals surface area contributed by atoms with Gasteiger partial charge in [-0.25, -0.2) is 0 Å². The van der Waals surface area contributed by atoms with Crippen molar-refractivity contribution in [2.45, 2.75) is 96.3 Å². The Hall–Kier alpha value is -5.26. The first-order chi connectivity index (χ1) is 32.8. The minimum atomic E-state index is -1.30. The lowest BCUT2D eigenvalue weighted by atomic mass is 9.80. The number of ketones is 1. The Labute approximate surface area is 402 Å². The normalized spacial score (nSPS) is 22.4. The number of hydrogen-bond donors (Lipinski definition) is 9. The molecule has 0 spiro atoms. The Balaban J connectivity index is 1.32. The molecule has 2 saturated carbocycles. The van der Waals surface area contributed by atoms with Crippen LogP contribution in [0.25, 0.3) is 0 Å². The second-order valence-electron chi connectivity index (χ2n) is 19.0. The summed E-state index contributed by atoms with van der Waals surface area (Å²) in [5.74, 6) is -9.65. The zero-order valence-electron chi connectivity index (χ0n) is 39.7. The molecule has 1 aliphatic heterocycles. The molecule has 1 saturated heterocycles. The molecular weight excluding hydrogens is 907 g/mol. The number of carbonyl (C=O) groups excluding carboxylic acids is 4. The Morgan fingerprint density at radius 3 is 1.20 bits per heavy atom.